The maximum absolute atomic E-state index is 10.9. The van der Waals surface area contributed by atoms with Crippen LogP contribution >= 0.6 is 0 Å². The molecule has 1 aromatic heterocycles. The van der Waals surface area contributed by atoms with E-state index in [4.69, 9.17) is 14.6 Å². The van der Waals surface area contributed by atoms with Gasteiger partial charge in [0.1, 0.15) is 0 Å². The zero-order chi connectivity index (χ0) is 13.5. The van der Waals surface area contributed by atoms with Crippen molar-refractivity contribution < 1.29 is 19.4 Å². The van der Waals surface area contributed by atoms with Gasteiger partial charge in [-0.25, -0.2) is 9.78 Å². The average molecular weight is 253 g/mol. The van der Waals surface area contributed by atoms with Crippen LogP contribution in [0.5, 0.6) is 5.75 Å². The molecule has 0 fully saturated rings. The van der Waals surface area contributed by atoms with E-state index >= 15 is 0 Å². The van der Waals surface area contributed by atoms with E-state index in [0.717, 1.165) is 12.0 Å². The van der Waals surface area contributed by atoms with E-state index in [0.29, 0.717) is 19.1 Å². The number of aromatic nitrogens is 1. The van der Waals surface area contributed by atoms with E-state index in [1.165, 1.54) is 13.3 Å². The molecule has 1 rings (SSSR count). The van der Waals surface area contributed by atoms with Gasteiger partial charge < -0.3 is 14.6 Å². The molecule has 0 amide bonds. The van der Waals surface area contributed by atoms with Crippen molar-refractivity contribution in [2.24, 2.45) is 5.92 Å². The summed E-state index contributed by atoms with van der Waals surface area (Å²) in [6.45, 7) is 5.36. The second-order valence-electron chi connectivity index (χ2n) is 4.43. The minimum absolute atomic E-state index is 0.0802. The predicted octanol–water partition coefficient (Wildman–Crippen LogP) is 2.35. The molecule has 0 aliphatic heterocycles. The van der Waals surface area contributed by atoms with Gasteiger partial charge in [-0.3, -0.25) is 0 Å². The molecule has 0 aliphatic rings. The topological polar surface area (TPSA) is 68.7 Å². The van der Waals surface area contributed by atoms with Crippen molar-refractivity contribution in [2.45, 2.75) is 26.9 Å². The van der Waals surface area contributed by atoms with Gasteiger partial charge in [-0.05, 0) is 24.0 Å². The summed E-state index contributed by atoms with van der Waals surface area (Å²) in [6, 6.07) is 1.64. The van der Waals surface area contributed by atoms with Gasteiger partial charge in [0, 0.05) is 12.8 Å². The number of rotatable bonds is 7. The summed E-state index contributed by atoms with van der Waals surface area (Å²) in [5.74, 6) is -0.237. The fraction of sp³-hybridized carbons (Fsp3) is 0.538. The number of carbonyl (C=O) groups is 1. The van der Waals surface area contributed by atoms with Crippen molar-refractivity contribution in [3.63, 3.8) is 0 Å². The molecule has 0 saturated carbocycles. The van der Waals surface area contributed by atoms with Crippen LogP contribution in [0.2, 0.25) is 0 Å². The van der Waals surface area contributed by atoms with E-state index in [2.05, 4.69) is 18.8 Å². The fourth-order valence-electron chi connectivity index (χ4n) is 1.39. The third-order valence-corrected chi connectivity index (χ3v) is 2.44. The van der Waals surface area contributed by atoms with Gasteiger partial charge in [-0.1, -0.05) is 13.8 Å². The van der Waals surface area contributed by atoms with Gasteiger partial charge in [0.05, 0.1) is 13.7 Å². The Kier molecular flexibility index (Phi) is 5.58. The maximum atomic E-state index is 10.9. The van der Waals surface area contributed by atoms with Crippen LogP contribution in [-0.2, 0) is 11.3 Å². The van der Waals surface area contributed by atoms with E-state index in [9.17, 15) is 4.79 Å². The van der Waals surface area contributed by atoms with Crippen molar-refractivity contribution in [3.8, 4) is 5.75 Å². The van der Waals surface area contributed by atoms with Crippen LogP contribution in [0.3, 0.4) is 0 Å². The number of carboxylic acids is 1. The van der Waals surface area contributed by atoms with E-state index < -0.39 is 5.97 Å². The molecular weight excluding hydrogens is 234 g/mol. The fourth-order valence-corrected chi connectivity index (χ4v) is 1.39. The van der Waals surface area contributed by atoms with Gasteiger partial charge in [0.2, 0.25) is 0 Å². The second kappa shape index (κ2) is 6.96. The van der Waals surface area contributed by atoms with Crippen molar-refractivity contribution >= 4 is 5.97 Å². The number of carboxylic acid groups (broad SMARTS) is 1. The Bertz CT molecular complexity index is 404. The highest BCUT2D eigenvalue weighted by atomic mass is 16.5. The lowest BCUT2D eigenvalue weighted by Gasteiger charge is -2.08. The molecule has 0 radical (unpaired) electrons. The Hall–Kier alpha value is -1.62. The average Bonchev–Trinajstić information content (AvgIpc) is 2.33. The van der Waals surface area contributed by atoms with Gasteiger partial charge in [0.15, 0.2) is 11.4 Å². The standard InChI is InChI=1S/C13H19NO4/c1-9(2)4-5-18-8-10-6-11(17-3)12(13(15)16)14-7-10/h6-7,9H,4-5,8H2,1-3H3,(H,15,16). The van der Waals surface area contributed by atoms with Crippen molar-refractivity contribution in [2.75, 3.05) is 13.7 Å². The number of methoxy groups -OCH3 is 1. The molecule has 100 valence electrons. The summed E-state index contributed by atoms with van der Waals surface area (Å²) >= 11 is 0. The van der Waals surface area contributed by atoms with Gasteiger partial charge in [-0.15, -0.1) is 0 Å². The number of aromatic carboxylic acids is 1. The molecule has 5 nitrogen and oxygen atoms in total. The summed E-state index contributed by atoms with van der Waals surface area (Å²) in [5, 5.41) is 8.89. The van der Waals surface area contributed by atoms with Crippen LogP contribution in [-0.4, -0.2) is 29.8 Å². The first-order valence-corrected chi connectivity index (χ1v) is 5.88. The molecule has 5 heteroatoms. The van der Waals surface area contributed by atoms with E-state index in [1.54, 1.807) is 6.07 Å². The predicted molar refractivity (Wildman–Crippen MR) is 66.9 cm³/mol. The van der Waals surface area contributed by atoms with Crippen molar-refractivity contribution in [1.29, 1.82) is 0 Å². The third-order valence-electron chi connectivity index (χ3n) is 2.44. The zero-order valence-corrected chi connectivity index (χ0v) is 11.0. The number of ether oxygens (including phenoxy) is 2. The molecule has 0 saturated heterocycles. The molecule has 1 heterocycles. The first-order valence-electron chi connectivity index (χ1n) is 5.88. The highest BCUT2D eigenvalue weighted by Gasteiger charge is 2.13. The van der Waals surface area contributed by atoms with Gasteiger partial charge >= 0.3 is 5.97 Å². The minimum atomic E-state index is -1.10. The molecule has 0 aliphatic carbocycles. The SMILES string of the molecule is COc1cc(COCCC(C)C)cnc1C(=O)O. The summed E-state index contributed by atoms with van der Waals surface area (Å²) in [4.78, 5) is 14.7. The molecule has 0 unspecified atom stereocenters. The van der Waals surface area contributed by atoms with Crippen LogP contribution < -0.4 is 4.74 Å². The van der Waals surface area contributed by atoms with Crippen LogP contribution in [0.25, 0.3) is 0 Å². The van der Waals surface area contributed by atoms with E-state index in [-0.39, 0.29) is 11.4 Å². The largest absolute Gasteiger partial charge is 0.494 e. The molecule has 0 atom stereocenters. The Balaban J connectivity index is 2.60. The Morgan fingerprint density at radius 1 is 1.50 bits per heavy atom. The number of pyridine rings is 1. The monoisotopic (exact) mass is 253 g/mol. The van der Waals surface area contributed by atoms with Crippen molar-refractivity contribution in [1.82, 2.24) is 4.98 Å². The number of hydrogen-bond acceptors (Lipinski definition) is 4. The normalized spacial score (nSPS) is 10.7. The maximum Gasteiger partial charge on any atom is 0.358 e. The highest BCUT2D eigenvalue weighted by molar-refractivity contribution is 5.88. The minimum Gasteiger partial charge on any atom is -0.494 e. The van der Waals surface area contributed by atoms with Gasteiger partial charge in [0.25, 0.3) is 0 Å². The van der Waals surface area contributed by atoms with E-state index in [1.807, 2.05) is 0 Å². The Morgan fingerprint density at radius 3 is 2.78 bits per heavy atom. The van der Waals surface area contributed by atoms with Crippen LogP contribution in [0.15, 0.2) is 12.3 Å². The lowest BCUT2D eigenvalue weighted by molar-refractivity contribution is 0.0686. The lowest BCUT2D eigenvalue weighted by atomic mass is 10.1. The Labute approximate surface area is 107 Å². The van der Waals surface area contributed by atoms with Crippen LogP contribution in [0, 0.1) is 5.92 Å². The van der Waals surface area contributed by atoms with Crippen LogP contribution in [0.1, 0.15) is 36.3 Å². The zero-order valence-electron chi connectivity index (χ0n) is 11.0. The molecule has 0 aromatic carbocycles. The number of hydrogen-bond donors (Lipinski definition) is 1. The summed E-state index contributed by atoms with van der Waals surface area (Å²) in [7, 11) is 1.42. The molecule has 0 bridgehead atoms. The third kappa shape index (κ3) is 4.33. The van der Waals surface area contributed by atoms with Gasteiger partial charge in [-0.2, -0.15) is 0 Å². The summed E-state index contributed by atoms with van der Waals surface area (Å²) < 4.78 is 10.5. The van der Waals surface area contributed by atoms with Crippen LogP contribution in [0.4, 0.5) is 0 Å². The molecule has 1 aromatic rings. The Morgan fingerprint density at radius 2 is 2.22 bits per heavy atom. The summed E-state index contributed by atoms with van der Waals surface area (Å²) in [5.41, 5.74) is 0.726. The number of nitrogens with zero attached hydrogens (tertiary/aromatic N) is 1. The first-order chi connectivity index (χ1) is 8.54. The highest BCUT2D eigenvalue weighted by Crippen LogP contribution is 2.18. The quantitative estimate of drug-likeness (QED) is 0.755. The summed E-state index contributed by atoms with van der Waals surface area (Å²) in [6.07, 6.45) is 2.50. The molecular formula is C13H19NO4. The van der Waals surface area contributed by atoms with Crippen molar-refractivity contribution in [3.05, 3.63) is 23.5 Å². The first kappa shape index (κ1) is 14.4. The smallest absolute Gasteiger partial charge is 0.358 e. The molecule has 18 heavy (non-hydrogen) atoms. The lowest BCUT2D eigenvalue weighted by Crippen LogP contribution is -2.06. The molecule has 1 N–H and O–H groups in total. The second-order valence-corrected chi connectivity index (χ2v) is 4.43. The molecule has 0 spiro atoms.